The Morgan fingerprint density at radius 1 is 1.07 bits per heavy atom. The van der Waals surface area contributed by atoms with E-state index < -0.39 is 48.1 Å². The largest absolute Gasteiger partial charge is 0.481 e. The van der Waals surface area contributed by atoms with Gasteiger partial charge in [0.25, 0.3) is 0 Å². The Morgan fingerprint density at radius 2 is 1.82 bits per heavy atom. The Morgan fingerprint density at radius 3 is 2.52 bits per heavy atom. The highest BCUT2D eigenvalue weighted by Gasteiger charge is 2.71. The number of carboxylic acid groups (broad SMARTS) is 1. The number of aliphatic hydroxyl groups excluding tert-OH is 1. The van der Waals surface area contributed by atoms with Crippen LogP contribution in [0.2, 0.25) is 0 Å². The Kier molecular flexibility index (Phi) is 8.03. The van der Waals surface area contributed by atoms with E-state index in [4.69, 9.17) is 14.2 Å². The first-order valence-corrected chi connectivity index (χ1v) is 15.7. The van der Waals surface area contributed by atoms with Gasteiger partial charge in [0.2, 0.25) is 0 Å². The number of fused-ring (bicyclic) bond motifs is 6. The summed E-state index contributed by atoms with van der Waals surface area (Å²) >= 11 is 0. The SMILES string of the molecule is CC(=O)Oc1ccc(C(CC(=O)O)CC(=O)OCC(=O)[C@H]2CC[C@H]3[C@@H]4CCC5=CC(=O)CC[C@]5(C)[C@H]4C4C[C@]23C(O)O4)cc1. The van der Waals surface area contributed by atoms with Crippen LogP contribution < -0.4 is 4.74 Å². The highest BCUT2D eigenvalue weighted by Crippen LogP contribution is 2.71. The second-order valence-corrected chi connectivity index (χ2v) is 13.7. The van der Waals surface area contributed by atoms with Crippen LogP contribution in [0.4, 0.5) is 0 Å². The molecule has 9 atom stereocenters. The number of Topliss-reactive ketones (excluding diaryl/α,β-unsaturated/α-hetero) is 1. The van der Waals surface area contributed by atoms with Crippen molar-refractivity contribution >= 4 is 29.5 Å². The Labute approximate surface area is 256 Å². The molecule has 5 aliphatic rings. The number of esters is 2. The van der Waals surface area contributed by atoms with Crippen LogP contribution in [-0.2, 0) is 33.4 Å². The van der Waals surface area contributed by atoms with Gasteiger partial charge in [0.15, 0.2) is 17.9 Å². The summed E-state index contributed by atoms with van der Waals surface area (Å²) in [5.41, 5.74) is 0.904. The molecule has 3 saturated carbocycles. The maximum atomic E-state index is 13.7. The molecule has 1 saturated heterocycles. The topological polar surface area (TPSA) is 154 Å². The Bertz CT molecular complexity index is 1400. The third-order valence-electron chi connectivity index (χ3n) is 11.5. The number of carbonyl (C=O) groups is 5. The smallest absolute Gasteiger partial charge is 0.308 e. The van der Waals surface area contributed by atoms with Gasteiger partial charge in [-0.05, 0) is 85.5 Å². The molecule has 2 N–H and O–H groups in total. The van der Waals surface area contributed by atoms with E-state index in [0.29, 0.717) is 30.6 Å². The number of ketones is 2. The highest BCUT2D eigenvalue weighted by molar-refractivity contribution is 5.91. The lowest BCUT2D eigenvalue weighted by molar-refractivity contribution is -0.163. The Balaban J connectivity index is 1.12. The summed E-state index contributed by atoms with van der Waals surface area (Å²) in [6, 6.07) is 6.27. The zero-order valence-electron chi connectivity index (χ0n) is 25.2. The minimum atomic E-state index is -1.08. The molecule has 1 aromatic carbocycles. The Hall–Kier alpha value is -3.37. The fraction of sp³-hybridized carbons (Fsp3) is 0.618. The molecule has 0 amide bonds. The first-order valence-electron chi connectivity index (χ1n) is 15.7. The van der Waals surface area contributed by atoms with Crippen molar-refractivity contribution in [1.82, 2.24) is 0 Å². The van der Waals surface area contributed by atoms with Gasteiger partial charge in [-0.2, -0.15) is 0 Å². The molecule has 6 rings (SSSR count). The van der Waals surface area contributed by atoms with Crippen molar-refractivity contribution in [2.75, 3.05) is 6.61 Å². The minimum Gasteiger partial charge on any atom is -0.481 e. The second kappa shape index (κ2) is 11.5. The van der Waals surface area contributed by atoms with Crippen molar-refractivity contribution in [2.24, 2.45) is 34.5 Å². The molecule has 1 heterocycles. The number of carboxylic acids is 1. The summed E-state index contributed by atoms with van der Waals surface area (Å²) in [6.45, 7) is 3.07. The number of hydrogen-bond donors (Lipinski definition) is 2. The van der Waals surface area contributed by atoms with Gasteiger partial charge in [-0.1, -0.05) is 24.6 Å². The molecule has 3 unspecified atom stereocenters. The molecule has 1 aliphatic heterocycles. The molecular weight excluding hydrogens is 568 g/mol. The lowest BCUT2D eigenvalue weighted by Gasteiger charge is -2.57. The van der Waals surface area contributed by atoms with Gasteiger partial charge in [0.05, 0.1) is 18.9 Å². The van der Waals surface area contributed by atoms with Gasteiger partial charge in [0.1, 0.15) is 12.4 Å². The molecular formula is C34H40O10. The summed E-state index contributed by atoms with van der Waals surface area (Å²) in [7, 11) is 0. The lowest BCUT2D eigenvalue weighted by atomic mass is 9.46. The van der Waals surface area contributed by atoms with Crippen molar-refractivity contribution in [3.05, 3.63) is 41.5 Å². The summed E-state index contributed by atoms with van der Waals surface area (Å²) < 4.78 is 16.7. The van der Waals surface area contributed by atoms with E-state index in [1.807, 2.05) is 6.08 Å². The fourth-order valence-corrected chi connectivity index (χ4v) is 9.70. The molecule has 4 aliphatic carbocycles. The summed E-state index contributed by atoms with van der Waals surface area (Å²) in [6.07, 6.45) is 5.01. The van der Waals surface area contributed by atoms with Crippen LogP contribution in [0.5, 0.6) is 5.75 Å². The zero-order valence-corrected chi connectivity index (χ0v) is 25.2. The number of rotatable bonds is 9. The predicted molar refractivity (Wildman–Crippen MR) is 154 cm³/mol. The summed E-state index contributed by atoms with van der Waals surface area (Å²) in [4.78, 5) is 61.5. The van der Waals surface area contributed by atoms with Gasteiger partial charge >= 0.3 is 17.9 Å². The number of aliphatic hydroxyl groups is 1. The van der Waals surface area contributed by atoms with Crippen molar-refractivity contribution < 1.29 is 48.4 Å². The number of benzene rings is 1. The van der Waals surface area contributed by atoms with Crippen LogP contribution in [0.1, 0.15) is 83.1 Å². The van der Waals surface area contributed by atoms with Crippen LogP contribution in [0, 0.1) is 34.5 Å². The molecule has 236 valence electrons. The van der Waals surface area contributed by atoms with Crippen molar-refractivity contribution in [3.8, 4) is 5.75 Å². The third-order valence-corrected chi connectivity index (χ3v) is 11.5. The number of ether oxygens (including phenoxy) is 3. The van der Waals surface area contributed by atoms with Crippen molar-refractivity contribution in [2.45, 2.75) is 89.9 Å². The monoisotopic (exact) mass is 608 g/mol. The van der Waals surface area contributed by atoms with Crippen LogP contribution in [0.25, 0.3) is 0 Å². The van der Waals surface area contributed by atoms with Gasteiger partial charge in [-0.25, -0.2) is 0 Å². The molecule has 2 bridgehead atoms. The fourth-order valence-electron chi connectivity index (χ4n) is 9.70. The number of hydrogen-bond acceptors (Lipinski definition) is 9. The molecule has 10 nitrogen and oxygen atoms in total. The summed E-state index contributed by atoms with van der Waals surface area (Å²) in [5, 5.41) is 20.8. The normalized spacial score (nSPS) is 35.9. The van der Waals surface area contributed by atoms with Crippen molar-refractivity contribution in [1.29, 1.82) is 0 Å². The van der Waals surface area contributed by atoms with Gasteiger partial charge in [-0.15, -0.1) is 0 Å². The number of carbonyl (C=O) groups excluding carboxylic acids is 4. The molecule has 1 aromatic rings. The van der Waals surface area contributed by atoms with Crippen LogP contribution in [-0.4, -0.2) is 58.7 Å². The second-order valence-electron chi connectivity index (χ2n) is 13.7. The molecule has 1 spiro atoms. The maximum absolute atomic E-state index is 13.7. The average Bonchev–Trinajstić information content (AvgIpc) is 3.49. The molecule has 0 aromatic heterocycles. The molecule has 44 heavy (non-hydrogen) atoms. The first-order chi connectivity index (χ1) is 20.9. The zero-order chi connectivity index (χ0) is 31.4. The minimum absolute atomic E-state index is 0.108. The standard InChI is InChI=1S/C34H40O10/c1-18(35)43-23-6-3-19(4-7-23)20(13-29(38)39)14-30(40)42-17-27(37)26-10-9-25-24-8-5-21-15-22(36)11-12-33(21,2)31(24)28-16-34(25,26)32(41)44-28/h3-4,6-7,15,20,24-26,28,31-32,41H,5,8-14,16-17H2,1-2H3,(H,38,39)/t20?,24-,25-,26+,28?,31+,32?,33-,34+/m0/s1. The lowest BCUT2D eigenvalue weighted by Crippen LogP contribution is -2.55. The van der Waals surface area contributed by atoms with Gasteiger partial charge < -0.3 is 24.4 Å². The highest BCUT2D eigenvalue weighted by atomic mass is 16.6. The first kappa shape index (κ1) is 30.6. The van der Waals surface area contributed by atoms with E-state index in [-0.39, 0.29) is 53.7 Å². The van der Waals surface area contributed by atoms with E-state index >= 15 is 0 Å². The maximum Gasteiger partial charge on any atom is 0.308 e. The molecule has 10 heteroatoms. The van der Waals surface area contributed by atoms with E-state index in [9.17, 15) is 34.2 Å². The predicted octanol–water partition coefficient (Wildman–Crippen LogP) is 4.13. The quantitative estimate of drug-likeness (QED) is 0.309. The number of aliphatic carboxylic acids is 1. The van der Waals surface area contributed by atoms with E-state index in [0.717, 1.165) is 25.7 Å². The molecule has 4 fully saturated rings. The van der Waals surface area contributed by atoms with Crippen LogP contribution >= 0.6 is 0 Å². The molecule has 0 radical (unpaired) electrons. The van der Waals surface area contributed by atoms with Crippen molar-refractivity contribution in [3.63, 3.8) is 0 Å². The van der Waals surface area contributed by atoms with Crippen LogP contribution in [0.3, 0.4) is 0 Å². The number of allylic oxidation sites excluding steroid dienone is 1. The van der Waals surface area contributed by atoms with E-state index in [2.05, 4.69) is 6.92 Å². The van der Waals surface area contributed by atoms with E-state index in [1.54, 1.807) is 12.1 Å². The van der Waals surface area contributed by atoms with Crippen LogP contribution in [0.15, 0.2) is 35.9 Å². The van der Waals surface area contributed by atoms with Gasteiger partial charge in [0, 0.05) is 30.6 Å². The summed E-state index contributed by atoms with van der Waals surface area (Å²) in [5.74, 6) is -2.62. The van der Waals surface area contributed by atoms with Gasteiger partial charge in [-0.3, -0.25) is 24.0 Å². The average molecular weight is 609 g/mol. The van der Waals surface area contributed by atoms with E-state index in [1.165, 1.54) is 24.6 Å². The third kappa shape index (κ3) is 5.19.